The number of nitrogens with one attached hydrogen (secondary N) is 4. The van der Waals surface area contributed by atoms with Gasteiger partial charge in [0.2, 0.25) is 11.5 Å². The number of hydrogen-bond acceptors (Lipinski definition) is 12. The number of imidazole rings is 1. The standard InChI is InChI=1S/C11H13F3N4O2.C9H14N4O3.C9H16N4O2/c1-2-3-4-5-18-7-6(8(19)17-10(18)20)15-9(16-7)11(12,13)14;1-2-3-4-5-13-7(10)6(12-16)8(14)11-9(13)15;1-2-3-4-5-13-7(11)6(10)8(14)12-9(13)15/h2-5H2,1H3,(H,15,16)(H,17,19,20);2-5,10H2,1H3,(H,11,14,15);2-5,10-11H2,1H3,(H,12,14,15). The second-order valence-electron chi connectivity index (χ2n) is 11.3. The molecule has 10 N–H and O–H groups in total. The number of hydrogen-bond donors (Lipinski definition) is 7. The summed E-state index contributed by atoms with van der Waals surface area (Å²) in [5.74, 6) is -1.40. The predicted octanol–water partition coefficient (Wildman–Crippen LogP) is 2.22. The van der Waals surface area contributed by atoms with Crippen LogP contribution in [0.1, 0.15) is 84.4 Å². The van der Waals surface area contributed by atoms with Crippen LogP contribution in [-0.4, -0.2) is 38.6 Å². The first-order valence-corrected chi connectivity index (χ1v) is 16.2. The summed E-state index contributed by atoms with van der Waals surface area (Å²) >= 11 is 0. The molecule has 0 saturated heterocycles. The third-order valence-corrected chi connectivity index (χ3v) is 7.44. The summed E-state index contributed by atoms with van der Waals surface area (Å²) in [6, 6.07) is 0. The Morgan fingerprint density at radius 2 is 1.06 bits per heavy atom. The van der Waals surface area contributed by atoms with Crippen molar-refractivity contribution in [2.75, 3.05) is 17.2 Å². The van der Waals surface area contributed by atoms with Gasteiger partial charge >= 0.3 is 23.2 Å². The van der Waals surface area contributed by atoms with Gasteiger partial charge in [-0.2, -0.15) is 13.2 Å². The van der Waals surface area contributed by atoms with E-state index in [-0.39, 0.29) is 35.0 Å². The molecule has 19 nitrogen and oxygen atoms in total. The summed E-state index contributed by atoms with van der Waals surface area (Å²) in [6.45, 7) is 7.12. The van der Waals surface area contributed by atoms with E-state index in [9.17, 15) is 46.8 Å². The first kappa shape index (κ1) is 41.5. The van der Waals surface area contributed by atoms with Crippen LogP contribution in [0.5, 0.6) is 0 Å². The van der Waals surface area contributed by atoms with Gasteiger partial charge in [-0.1, -0.05) is 59.3 Å². The predicted molar refractivity (Wildman–Crippen MR) is 186 cm³/mol. The molecule has 0 atom stereocenters. The maximum Gasteiger partial charge on any atom is 0.449 e. The van der Waals surface area contributed by atoms with E-state index < -0.39 is 51.4 Å². The maximum absolute atomic E-state index is 12.6. The Labute approximate surface area is 286 Å². The molecule has 4 aromatic heterocycles. The molecule has 4 aromatic rings. The van der Waals surface area contributed by atoms with Crippen LogP contribution >= 0.6 is 0 Å². The number of nitroso groups, excluding NO2 is 1. The molecule has 0 aromatic carbocycles. The fraction of sp³-hybridized carbons (Fsp3) is 0.552. The third-order valence-electron chi connectivity index (χ3n) is 7.44. The number of nitrogen functional groups attached to an aromatic ring is 3. The average Bonchev–Trinajstić information content (AvgIpc) is 3.53. The van der Waals surface area contributed by atoms with E-state index in [1.165, 1.54) is 4.57 Å². The van der Waals surface area contributed by atoms with E-state index in [2.05, 4.69) is 22.1 Å². The summed E-state index contributed by atoms with van der Waals surface area (Å²) in [5.41, 5.74) is 11.2. The highest BCUT2D eigenvalue weighted by Crippen LogP contribution is 2.27. The lowest BCUT2D eigenvalue weighted by Crippen LogP contribution is -2.33. The number of anilines is 3. The number of aryl methyl sites for hydroxylation is 1. The Balaban J connectivity index is 0.000000269. The zero-order valence-corrected chi connectivity index (χ0v) is 28.4. The topological polar surface area (TPSA) is 301 Å². The molecule has 0 radical (unpaired) electrons. The fourth-order valence-corrected chi connectivity index (χ4v) is 4.66. The lowest BCUT2D eigenvalue weighted by molar-refractivity contribution is -0.144. The molecule has 0 aliphatic carbocycles. The van der Waals surface area contributed by atoms with Crippen LogP contribution in [0.3, 0.4) is 0 Å². The molecule has 0 unspecified atom stereocenters. The van der Waals surface area contributed by atoms with E-state index in [0.29, 0.717) is 19.5 Å². The number of rotatable bonds is 13. The van der Waals surface area contributed by atoms with Gasteiger partial charge in [0.25, 0.3) is 16.7 Å². The summed E-state index contributed by atoms with van der Waals surface area (Å²) < 4.78 is 41.3. The molecule has 0 aliphatic rings. The van der Waals surface area contributed by atoms with Gasteiger partial charge in [0, 0.05) is 19.6 Å². The Bertz CT molecular complexity index is 2140. The number of alkyl halides is 3. The number of nitrogens with two attached hydrogens (primary N) is 3. The quantitative estimate of drug-likeness (QED) is 0.0773. The molecule has 0 saturated carbocycles. The molecule has 4 heterocycles. The molecule has 0 spiro atoms. The van der Waals surface area contributed by atoms with Crippen LogP contribution < -0.4 is 50.9 Å². The zero-order chi connectivity index (χ0) is 38.5. The molecule has 0 bridgehead atoms. The Hall–Kier alpha value is -5.70. The second kappa shape index (κ2) is 18.9. The normalized spacial score (nSPS) is 11.1. The van der Waals surface area contributed by atoms with Gasteiger partial charge in [-0.15, -0.1) is 4.91 Å². The number of unbranched alkanes of at least 4 members (excludes halogenated alkanes) is 6. The molecular weight excluding hydrogens is 685 g/mol. The van der Waals surface area contributed by atoms with E-state index in [4.69, 9.17) is 17.2 Å². The van der Waals surface area contributed by atoms with Crippen LogP contribution in [0.2, 0.25) is 0 Å². The van der Waals surface area contributed by atoms with Crippen LogP contribution in [0.25, 0.3) is 11.2 Å². The molecule has 22 heteroatoms. The maximum atomic E-state index is 12.6. The average molecular weight is 729 g/mol. The second-order valence-corrected chi connectivity index (χ2v) is 11.3. The van der Waals surface area contributed by atoms with Crippen molar-refractivity contribution >= 4 is 34.2 Å². The Morgan fingerprint density at radius 3 is 1.53 bits per heavy atom. The molecule has 4 rings (SSSR count). The van der Waals surface area contributed by atoms with Gasteiger partial charge in [-0.05, 0) is 24.4 Å². The van der Waals surface area contributed by atoms with Crippen molar-refractivity contribution in [2.24, 2.45) is 5.18 Å². The Kier molecular flexibility index (Phi) is 15.4. The van der Waals surface area contributed by atoms with Gasteiger partial charge in [0.05, 0.1) is 0 Å². The highest BCUT2D eigenvalue weighted by atomic mass is 19.4. The molecular formula is C29H43F3N12O7. The summed E-state index contributed by atoms with van der Waals surface area (Å²) in [6.07, 6.45) is 3.22. The third kappa shape index (κ3) is 10.9. The van der Waals surface area contributed by atoms with Crippen LogP contribution in [0.4, 0.5) is 36.2 Å². The first-order valence-electron chi connectivity index (χ1n) is 16.2. The van der Waals surface area contributed by atoms with Crippen molar-refractivity contribution in [3.63, 3.8) is 0 Å². The SMILES string of the molecule is CCCCCn1c(=O)[nH]c(=O)c2[nH]c(C(F)(F)F)nc21.CCCCCn1c(N)c(N)c(=O)[nH]c1=O.CCCCCn1c(N)c(N=O)c(=O)[nH]c1=O. The van der Waals surface area contributed by atoms with Gasteiger partial charge < -0.3 is 22.2 Å². The van der Waals surface area contributed by atoms with Gasteiger partial charge in [-0.25, -0.2) is 19.4 Å². The highest BCUT2D eigenvalue weighted by Gasteiger charge is 2.35. The minimum atomic E-state index is -4.70. The minimum absolute atomic E-state index is 0.0554. The van der Waals surface area contributed by atoms with Crippen molar-refractivity contribution in [1.29, 1.82) is 0 Å². The number of aromatic nitrogens is 8. The van der Waals surface area contributed by atoms with Crippen LogP contribution in [-0.2, 0) is 25.8 Å². The summed E-state index contributed by atoms with van der Waals surface area (Å²) in [4.78, 5) is 89.9. The molecule has 0 amide bonds. The van der Waals surface area contributed by atoms with E-state index in [0.717, 1.165) is 60.5 Å². The monoisotopic (exact) mass is 728 g/mol. The van der Waals surface area contributed by atoms with Crippen molar-refractivity contribution < 1.29 is 13.2 Å². The van der Waals surface area contributed by atoms with Gasteiger partial charge in [0.15, 0.2) is 5.65 Å². The summed E-state index contributed by atoms with van der Waals surface area (Å²) in [7, 11) is 0. The number of fused-ring (bicyclic) bond motifs is 1. The van der Waals surface area contributed by atoms with Crippen molar-refractivity contribution in [2.45, 2.75) is 104 Å². The van der Waals surface area contributed by atoms with Gasteiger partial charge in [0.1, 0.15) is 22.8 Å². The van der Waals surface area contributed by atoms with Crippen LogP contribution in [0, 0.1) is 4.91 Å². The number of H-pyrrole nitrogens is 4. The van der Waals surface area contributed by atoms with E-state index in [1.807, 2.05) is 28.8 Å². The van der Waals surface area contributed by atoms with Crippen LogP contribution in [0.15, 0.2) is 33.9 Å². The first-order chi connectivity index (χ1) is 24.0. The van der Waals surface area contributed by atoms with Crippen molar-refractivity contribution in [1.82, 2.24) is 38.6 Å². The summed E-state index contributed by atoms with van der Waals surface area (Å²) in [5, 5.41) is 2.52. The smallest absolute Gasteiger partial charge is 0.391 e. The zero-order valence-electron chi connectivity index (χ0n) is 28.4. The Morgan fingerprint density at radius 1 is 0.627 bits per heavy atom. The molecule has 51 heavy (non-hydrogen) atoms. The van der Waals surface area contributed by atoms with Gasteiger partial charge in [-0.3, -0.25) is 43.0 Å². The molecule has 0 aliphatic heterocycles. The lowest BCUT2D eigenvalue weighted by atomic mass is 10.2. The number of halogens is 3. The molecule has 282 valence electrons. The highest BCUT2D eigenvalue weighted by molar-refractivity contribution is 5.69. The molecule has 0 fully saturated rings. The minimum Gasteiger partial charge on any atom is -0.391 e. The van der Waals surface area contributed by atoms with E-state index >= 15 is 0 Å². The number of nitrogens with zero attached hydrogens (tertiary/aromatic N) is 5. The van der Waals surface area contributed by atoms with Crippen molar-refractivity contribution in [3.8, 4) is 0 Å². The lowest BCUT2D eigenvalue weighted by Gasteiger charge is -2.09. The number of aromatic amines is 4. The fourth-order valence-electron chi connectivity index (χ4n) is 4.66. The largest absolute Gasteiger partial charge is 0.449 e. The van der Waals surface area contributed by atoms with E-state index in [1.54, 1.807) is 0 Å². The van der Waals surface area contributed by atoms with Crippen molar-refractivity contribution in [3.05, 3.63) is 73.2 Å².